The van der Waals surface area contributed by atoms with Crippen LogP contribution >= 0.6 is 0 Å². The van der Waals surface area contributed by atoms with Gasteiger partial charge in [-0.3, -0.25) is 19.7 Å². The number of carbonyl (C=O) groups excluding carboxylic acids is 2. The molecule has 1 aromatic carbocycles. The third-order valence-electron chi connectivity index (χ3n) is 2.22. The van der Waals surface area contributed by atoms with Gasteiger partial charge in [0.2, 0.25) is 5.78 Å². The molecule has 96 valence electrons. The number of benzene rings is 1. The van der Waals surface area contributed by atoms with Gasteiger partial charge in [0.1, 0.15) is 11.4 Å². The van der Waals surface area contributed by atoms with Crippen LogP contribution in [0, 0.1) is 10.1 Å². The molecular weight excluding hydrogens is 240 g/mol. The van der Waals surface area contributed by atoms with Crippen LogP contribution in [0.5, 0.6) is 5.75 Å². The predicted octanol–water partition coefficient (Wildman–Crippen LogP) is 1.52. The molecule has 0 radical (unpaired) electrons. The van der Waals surface area contributed by atoms with Crippen molar-refractivity contribution in [2.24, 2.45) is 0 Å². The number of nitro groups is 1. The van der Waals surface area contributed by atoms with Gasteiger partial charge in [-0.15, -0.1) is 0 Å². The van der Waals surface area contributed by atoms with Crippen LogP contribution < -0.4 is 10.1 Å². The molecule has 0 spiro atoms. The number of carbonyl (C=O) groups is 2. The van der Waals surface area contributed by atoms with Crippen LogP contribution in [0.25, 0.3) is 0 Å². The van der Waals surface area contributed by atoms with E-state index in [1.807, 2.05) is 0 Å². The summed E-state index contributed by atoms with van der Waals surface area (Å²) in [4.78, 5) is 32.6. The second-order valence-electron chi connectivity index (χ2n) is 3.37. The van der Waals surface area contributed by atoms with Gasteiger partial charge in [-0.05, 0) is 12.1 Å². The highest BCUT2D eigenvalue weighted by atomic mass is 16.6. The van der Waals surface area contributed by atoms with Crippen LogP contribution in [0.15, 0.2) is 18.2 Å². The summed E-state index contributed by atoms with van der Waals surface area (Å²) in [6.07, 6.45) is 0.0375. The summed E-state index contributed by atoms with van der Waals surface area (Å²) in [5.74, 6) is -1.22. The Morgan fingerprint density at radius 3 is 2.61 bits per heavy atom. The topological polar surface area (TPSA) is 98.5 Å². The Bertz CT molecular complexity index is 498. The number of nitrogens with zero attached hydrogens (tertiary/aromatic N) is 1. The molecule has 1 N–H and O–H groups in total. The molecule has 0 aliphatic carbocycles. The van der Waals surface area contributed by atoms with E-state index in [-0.39, 0.29) is 17.8 Å². The number of hydrogen-bond acceptors (Lipinski definition) is 5. The second kappa shape index (κ2) is 5.76. The number of anilines is 1. The van der Waals surface area contributed by atoms with Gasteiger partial charge in [0.15, 0.2) is 0 Å². The van der Waals surface area contributed by atoms with Crippen LogP contribution in [0.4, 0.5) is 11.4 Å². The van der Waals surface area contributed by atoms with E-state index in [1.54, 1.807) is 0 Å². The monoisotopic (exact) mass is 252 g/mol. The van der Waals surface area contributed by atoms with E-state index in [9.17, 15) is 19.7 Å². The molecule has 0 atom stereocenters. The summed E-state index contributed by atoms with van der Waals surface area (Å²) < 4.78 is 4.85. The maximum absolute atomic E-state index is 11.4. The van der Waals surface area contributed by atoms with Gasteiger partial charge in [-0.25, -0.2) is 0 Å². The van der Waals surface area contributed by atoms with Crippen LogP contribution in [0.2, 0.25) is 0 Å². The highest BCUT2D eigenvalue weighted by molar-refractivity contribution is 6.40. The summed E-state index contributed by atoms with van der Waals surface area (Å²) in [5, 5.41) is 13.0. The number of Topliss-reactive ketones (excluding diaryl/α,β-unsaturated/α-hetero) is 1. The van der Waals surface area contributed by atoms with Crippen molar-refractivity contribution in [2.75, 3.05) is 12.4 Å². The fourth-order valence-electron chi connectivity index (χ4n) is 1.25. The van der Waals surface area contributed by atoms with Gasteiger partial charge in [-0.2, -0.15) is 0 Å². The molecule has 1 aromatic rings. The Morgan fingerprint density at radius 1 is 1.44 bits per heavy atom. The van der Waals surface area contributed by atoms with Crippen LogP contribution in [-0.4, -0.2) is 23.7 Å². The summed E-state index contributed by atoms with van der Waals surface area (Å²) >= 11 is 0. The third kappa shape index (κ3) is 3.03. The lowest BCUT2D eigenvalue weighted by atomic mass is 10.2. The van der Waals surface area contributed by atoms with Crippen molar-refractivity contribution in [3.63, 3.8) is 0 Å². The quantitative estimate of drug-likeness (QED) is 0.486. The first kappa shape index (κ1) is 13.6. The van der Waals surface area contributed by atoms with E-state index in [4.69, 9.17) is 4.74 Å². The van der Waals surface area contributed by atoms with Gasteiger partial charge in [0.25, 0.3) is 11.6 Å². The lowest BCUT2D eigenvalue weighted by molar-refractivity contribution is -0.384. The number of ether oxygens (including phenoxy) is 1. The molecule has 1 amide bonds. The van der Waals surface area contributed by atoms with Gasteiger partial charge in [-0.1, -0.05) is 6.92 Å². The van der Waals surface area contributed by atoms with E-state index in [2.05, 4.69) is 5.32 Å². The van der Waals surface area contributed by atoms with E-state index >= 15 is 0 Å². The third-order valence-corrected chi connectivity index (χ3v) is 2.22. The second-order valence-corrected chi connectivity index (χ2v) is 3.37. The van der Waals surface area contributed by atoms with Gasteiger partial charge in [0.05, 0.1) is 18.1 Å². The lowest BCUT2D eigenvalue weighted by Crippen LogP contribution is -2.22. The first-order valence-electron chi connectivity index (χ1n) is 5.16. The lowest BCUT2D eigenvalue weighted by Gasteiger charge is -2.06. The van der Waals surface area contributed by atoms with Crippen LogP contribution in [-0.2, 0) is 9.59 Å². The molecule has 0 aromatic heterocycles. The van der Waals surface area contributed by atoms with Crippen molar-refractivity contribution in [3.05, 3.63) is 28.3 Å². The number of nitrogens with one attached hydrogen (secondary N) is 1. The molecule has 7 heteroatoms. The van der Waals surface area contributed by atoms with Crippen molar-refractivity contribution in [1.29, 1.82) is 0 Å². The fourth-order valence-corrected chi connectivity index (χ4v) is 1.25. The normalized spacial score (nSPS) is 9.67. The van der Waals surface area contributed by atoms with E-state index in [0.29, 0.717) is 5.75 Å². The molecule has 0 saturated heterocycles. The van der Waals surface area contributed by atoms with Gasteiger partial charge in [0, 0.05) is 6.42 Å². The van der Waals surface area contributed by atoms with Crippen molar-refractivity contribution in [1.82, 2.24) is 0 Å². The molecule has 0 aliphatic heterocycles. The molecule has 0 fully saturated rings. The zero-order valence-corrected chi connectivity index (χ0v) is 9.93. The maximum atomic E-state index is 11.4. The Hall–Kier alpha value is -2.44. The molecule has 0 unspecified atom stereocenters. The first-order valence-corrected chi connectivity index (χ1v) is 5.16. The summed E-state index contributed by atoms with van der Waals surface area (Å²) in [6.45, 7) is 1.53. The minimum atomic E-state index is -0.870. The number of amides is 1. The van der Waals surface area contributed by atoms with E-state index in [0.717, 1.165) is 0 Å². The zero-order chi connectivity index (χ0) is 13.7. The number of rotatable bonds is 5. The molecule has 0 saturated carbocycles. The molecule has 1 rings (SSSR count). The molecule has 0 bridgehead atoms. The smallest absolute Gasteiger partial charge is 0.296 e. The largest absolute Gasteiger partial charge is 0.496 e. The Morgan fingerprint density at radius 2 is 2.11 bits per heavy atom. The molecule has 0 heterocycles. The summed E-state index contributed by atoms with van der Waals surface area (Å²) in [5.41, 5.74) is -0.362. The standard InChI is InChI=1S/C11H12N2O5/c1-3-10(14)11(15)12-8-5-4-7(18-2)6-9(8)13(16)17/h4-6H,3H2,1-2H3,(H,12,15). The number of hydrogen-bond donors (Lipinski definition) is 1. The van der Waals surface area contributed by atoms with Crippen molar-refractivity contribution >= 4 is 23.1 Å². The fraction of sp³-hybridized carbons (Fsp3) is 0.273. The molecule has 18 heavy (non-hydrogen) atoms. The van der Waals surface area contributed by atoms with Gasteiger partial charge >= 0.3 is 0 Å². The predicted molar refractivity (Wildman–Crippen MR) is 63.6 cm³/mol. The maximum Gasteiger partial charge on any atom is 0.296 e. The van der Waals surface area contributed by atoms with E-state index < -0.39 is 16.6 Å². The van der Waals surface area contributed by atoms with Crippen LogP contribution in [0.3, 0.4) is 0 Å². The average molecular weight is 252 g/mol. The summed E-state index contributed by atoms with van der Waals surface area (Å²) in [7, 11) is 1.37. The molecular formula is C11H12N2O5. The summed E-state index contributed by atoms with van der Waals surface area (Å²) in [6, 6.07) is 3.95. The van der Waals surface area contributed by atoms with Crippen molar-refractivity contribution < 1.29 is 19.2 Å². The van der Waals surface area contributed by atoms with Crippen LogP contribution in [0.1, 0.15) is 13.3 Å². The SMILES string of the molecule is CCC(=O)C(=O)Nc1ccc(OC)cc1[N+](=O)[O-]. The number of nitro benzene ring substituents is 1. The molecule has 0 aliphatic rings. The average Bonchev–Trinajstić information content (AvgIpc) is 2.37. The van der Waals surface area contributed by atoms with Crippen molar-refractivity contribution in [2.45, 2.75) is 13.3 Å². The Kier molecular flexibility index (Phi) is 4.36. The highest BCUT2D eigenvalue weighted by Gasteiger charge is 2.19. The van der Waals surface area contributed by atoms with Gasteiger partial charge < -0.3 is 10.1 Å². The highest BCUT2D eigenvalue weighted by Crippen LogP contribution is 2.28. The molecule has 7 nitrogen and oxygen atoms in total. The van der Waals surface area contributed by atoms with Crippen molar-refractivity contribution in [3.8, 4) is 5.75 Å². The zero-order valence-electron chi connectivity index (χ0n) is 9.93. The Labute approximate surface area is 103 Å². The van der Waals surface area contributed by atoms with E-state index in [1.165, 1.54) is 32.2 Å². The number of ketones is 1. The minimum absolute atomic E-state index is 0.0346. The Balaban J connectivity index is 3.05. The minimum Gasteiger partial charge on any atom is -0.496 e. The first-order chi connectivity index (χ1) is 8.49. The number of methoxy groups -OCH3 is 1.